The van der Waals surface area contributed by atoms with E-state index in [-0.39, 0.29) is 6.42 Å². The molecule has 0 nitrogen and oxygen atoms in total. The Bertz CT molecular complexity index is 1140. The minimum atomic E-state index is -1.53. The summed E-state index contributed by atoms with van der Waals surface area (Å²) >= 11 is 0. The van der Waals surface area contributed by atoms with Gasteiger partial charge in [-0.25, -0.2) is 13.2 Å². The van der Waals surface area contributed by atoms with Crippen molar-refractivity contribution in [3.63, 3.8) is 0 Å². The molecular weight excluding hydrogens is 388 g/mol. The van der Waals surface area contributed by atoms with E-state index >= 15 is 0 Å². The SMILES string of the molecule is C=Cc1ccccc1C(CF)/C(CC1(C)C=C(F)C(F)=C1F)=c1\cccc\c1=C\C. The van der Waals surface area contributed by atoms with E-state index in [1.807, 2.05) is 49.4 Å². The largest absolute Gasteiger partial charge is 0.250 e. The molecule has 30 heavy (non-hydrogen) atoms. The van der Waals surface area contributed by atoms with Crippen LogP contribution in [-0.2, 0) is 0 Å². The molecule has 2 atom stereocenters. The fourth-order valence-electron chi connectivity index (χ4n) is 4.11. The number of hydrogen-bond donors (Lipinski definition) is 0. The van der Waals surface area contributed by atoms with Gasteiger partial charge in [0, 0.05) is 11.3 Å². The summed E-state index contributed by atoms with van der Waals surface area (Å²) in [6, 6.07) is 14.7. The van der Waals surface area contributed by atoms with E-state index in [0.29, 0.717) is 11.1 Å². The van der Waals surface area contributed by atoms with Crippen LogP contribution in [0.1, 0.15) is 37.3 Å². The fourth-order valence-corrected chi connectivity index (χ4v) is 4.11. The van der Waals surface area contributed by atoms with Gasteiger partial charge in [-0.15, -0.1) is 0 Å². The highest BCUT2D eigenvalue weighted by Crippen LogP contribution is 2.49. The molecule has 0 aromatic heterocycles. The Kier molecular flexibility index (Phi) is 6.45. The van der Waals surface area contributed by atoms with Crippen LogP contribution in [0.2, 0.25) is 0 Å². The van der Waals surface area contributed by atoms with Gasteiger partial charge in [0.2, 0.25) is 0 Å². The highest BCUT2D eigenvalue weighted by Gasteiger charge is 2.40. The van der Waals surface area contributed by atoms with Crippen molar-refractivity contribution >= 4 is 17.7 Å². The van der Waals surface area contributed by atoms with Crippen molar-refractivity contribution in [2.75, 3.05) is 6.67 Å². The molecule has 2 aromatic rings. The predicted octanol–water partition coefficient (Wildman–Crippen LogP) is 6.45. The first-order valence-corrected chi connectivity index (χ1v) is 9.82. The zero-order valence-corrected chi connectivity index (χ0v) is 17.1. The van der Waals surface area contributed by atoms with E-state index in [9.17, 15) is 17.6 Å². The molecule has 156 valence electrons. The molecule has 0 bridgehead atoms. The van der Waals surface area contributed by atoms with Crippen LogP contribution in [0.15, 0.2) is 78.7 Å². The minimum Gasteiger partial charge on any atom is -0.250 e. The van der Waals surface area contributed by atoms with Crippen molar-refractivity contribution in [1.82, 2.24) is 0 Å². The Morgan fingerprint density at radius 3 is 2.33 bits per heavy atom. The zero-order valence-electron chi connectivity index (χ0n) is 17.1. The van der Waals surface area contributed by atoms with Gasteiger partial charge in [-0.1, -0.05) is 72.8 Å². The standard InChI is InChI=1S/C26H24F4/c1-4-17-10-6-8-12-19(17)21(14-26(3)15-23(28)24(29)25(26)30)22(16-27)20-13-9-7-11-18(20)5-2/h4-13,15,22H,2,14,16H2,1,3H3/b17-4-,21-19+. The normalized spacial score (nSPS) is 21.5. The van der Waals surface area contributed by atoms with E-state index in [1.165, 1.54) is 6.92 Å². The molecule has 1 aliphatic rings. The number of benzene rings is 2. The highest BCUT2D eigenvalue weighted by atomic mass is 19.2. The Balaban J connectivity index is 2.31. The first-order chi connectivity index (χ1) is 14.4. The van der Waals surface area contributed by atoms with Gasteiger partial charge in [-0.05, 0) is 47.9 Å². The van der Waals surface area contributed by atoms with Crippen molar-refractivity contribution in [2.24, 2.45) is 5.41 Å². The highest BCUT2D eigenvalue weighted by molar-refractivity contribution is 5.64. The Labute approximate surface area is 174 Å². The number of halogens is 4. The van der Waals surface area contributed by atoms with Gasteiger partial charge >= 0.3 is 0 Å². The van der Waals surface area contributed by atoms with Crippen molar-refractivity contribution in [2.45, 2.75) is 26.2 Å². The van der Waals surface area contributed by atoms with Crippen molar-refractivity contribution in [3.05, 3.63) is 100 Å². The van der Waals surface area contributed by atoms with Gasteiger partial charge < -0.3 is 0 Å². The zero-order chi connectivity index (χ0) is 21.9. The quantitative estimate of drug-likeness (QED) is 0.479. The summed E-state index contributed by atoms with van der Waals surface area (Å²) in [5, 5.41) is 1.58. The van der Waals surface area contributed by atoms with Gasteiger partial charge in [-0.3, -0.25) is 4.39 Å². The first-order valence-electron chi connectivity index (χ1n) is 9.82. The molecule has 0 saturated heterocycles. The monoisotopic (exact) mass is 412 g/mol. The second kappa shape index (κ2) is 8.86. The molecule has 2 aromatic carbocycles. The van der Waals surface area contributed by atoms with Crippen LogP contribution in [-0.4, -0.2) is 6.67 Å². The first kappa shape index (κ1) is 21.8. The predicted molar refractivity (Wildman–Crippen MR) is 116 cm³/mol. The maximum absolute atomic E-state index is 14.7. The summed E-state index contributed by atoms with van der Waals surface area (Å²) in [6.07, 6.45) is 4.41. The van der Waals surface area contributed by atoms with E-state index < -0.39 is 35.5 Å². The number of allylic oxidation sites excluding steroid dienone is 4. The van der Waals surface area contributed by atoms with Crippen molar-refractivity contribution < 1.29 is 17.6 Å². The Hall–Kier alpha value is -2.88. The summed E-state index contributed by atoms with van der Waals surface area (Å²) in [7, 11) is 0. The Morgan fingerprint density at radius 2 is 1.73 bits per heavy atom. The fraction of sp³-hybridized carbons (Fsp3) is 0.231. The van der Waals surface area contributed by atoms with Gasteiger partial charge in [0.15, 0.2) is 11.7 Å². The van der Waals surface area contributed by atoms with Crippen molar-refractivity contribution in [3.8, 4) is 0 Å². The smallest absolute Gasteiger partial charge is 0.190 e. The van der Waals surface area contributed by atoms with Gasteiger partial charge in [-0.2, -0.15) is 0 Å². The topological polar surface area (TPSA) is 0 Å². The van der Waals surface area contributed by atoms with E-state index in [1.54, 1.807) is 18.2 Å². The molecule has 0 heterocycles. The molecule has 0 fully saturated rings. The minimum absolute atomic E-state index is 0.0649. The lowest BCUT2D eigenvalue weighted by atomic mass is 9.76. The summed E-state index contributed by atoms with van der Waals surface area (Å²) < 4.78 is 57.0. The lowest BCUT2D eigenvalue weighted by molar-refractivity contribution is 0.381. The molecule has 1 aliphatic carbocycles. The Morgan fingerprint density at radius 1 is 1.07 bits per heavy atom. The molecule has 0 N–H and O–H groups in total. The molecule has 0 amide bonds. The molecule has 0 aliphatic heterocycles. The second-order valence-electron chi connectivity index (χ2n) is 7.66. The third kappa shape index (κ3) is 3.91. The third-order valence-electron chi connectivity index (χ3n) is 5.69. The van der Waals surface area contributed by atoms with Crippen LogP contribution in [0.5, 0.6) is 0 Å². The lowest BCUT2D eigenvalue weighted by Gasteiger charge is -2.28. The van der Waals surface area contributed by atoms with Crippen molar-refractivity contribution in [1.29, 1.82) is 0 Å². The van der Waals surface area contributed by atoms with Gasteiger partial charge in [0.1, 0.15) is 12.5 Å². The van der Waals surface area contributed by atoms with Crippen LogP contribution >= 0.6 is 0 Å². The van der Waals surface area contributed by atoms with E-state index in [0.717, 1.165) is 22.1 Å². The molecule has 2 unspecified atom stereocenters. The average Bonchev–Trinajstić information content (AvgIpc) is 2.96. The second-order valence-corrected chi connectivity index (χ2v) is 7.66. The molecule has 0 radical (unpaired) electrons. The molecular formula is C26H24F4. The maximum atomic E-state index is 14.7. The van der Waals surface area contributed by atoms with E-state index in [4.69, 9.17) is 0 Å². The molecule has 0 saturated carbocycles. The summed E-state index contributed by atoms with van der Waals surface area (Å²) in [4.78, 5) is 0. The molecule has 0 spiro atoms. The molecule has 3 rings (SSSR count). The van der Waals surface area contributed by atoms with E-state index in [2.05, 4.69) is 6.58 Å². The van der Waals surface area contributed by atoms with Gasteiger partial charge in [0.25, 0.3) is 0 Å². The van der Waals surface area contributed by atoms with Crippen LogP contribution in [0.3, 0.4) is 0 Å². The molecule has 4 heteroatoms. The summed E-state index contributed by atoms with van der Waals surface area (Å²) in [6.45, 7) is 6.36. The number of alkyl halides is 1. The summed E-state index contributed by atoms with van der Waals surface area (Å²) in [5.74, 6) is -4.57. The lowest BCUT2D eigenvalue weighted by Crippen LogP contribution is -2.31. The van der Waals surface area contributed by atoms with Gasteiger partial charge in [0.05, 0.1) is 0 Å². The van der Waals surface area contributed by atoms with Crippen LogP contribution in [0, 0.1) is 5.41 Å². The average molecular weight is 412 g/mol. The number of hydrogen-bond acceptors (Lipinski definition) is 0. The van der Waals surface area contributed by atoms with Crippen LogP contribution in [0.25, 0.3) is 17.7 Å². The summed E-state index contributed by atoms with van der Waals surface area (Å²) in [5.41, 5.74) is 0.515. The number of rotatable bonds is 6. The van der Waals surface area contributed by atoms with Crippen LogP contribution in [0.4, 0.5) is 17.6 Å². The maximum Gasteiger partial charge on any atom is 0.190 e. The third-order valence-corrected chi connectivity index (χ3v) is 5.69. The van der Waals surface area contributed by atoms with Crippen LogP contribution < -0.4 is 10.4 Å².